The fraction of sp³-hybridized carbons (Fsp3) is 0.212. The monoisotopic (exact) mass is 1040 g/mol. The molecule has 0 radical (unpaired) electrons. The third-order valence-corrected chi connectivity index (χ3v) is 38.9. The van der Waals surface area contributed by atoms with E-state index in [1.807, 2.05) is 0 Å². The van der Waals surface area contributed by atoms with Crippen molar-refractivity contribution in [1.82, 2.24) is 0 Å². The van der Waals surface area contributed by atoms with Gasteiger partial charge in [0.15, 0.2) is 0 Å². The minimum atomic E-state index is -5.83. The Bertz CT molecular complexity index is 3170. The van der Waals surface area contributed by atoms with E-state index in [-0.39, 0.29) is 7.25 Å². The molecule has 0 bridgehead atoms. The first-order valence-corrected chi connectivity index (χ1v) is 37.9. The van der Waals surface area contributed by atoms with Gasteiger partial charge in [0, 0.05) is 0 Å². The maximum atomic E-state index is 9.68. The Morgan fingerprint density at radius 3 is 1.33 bits per heavy atom. The molecule has 70 heavy (non-hydrogen) atoms. The molecule has 11 rings (SSSR count). The van der Waals surface area contributed by atoms with Crippen LogP contribution in [-0.2, 0) is 29.2 Å². The second-order valence-electron chi connectivity index (χ2n) is 20.1. The van der Waals surface area contributed by atoms with Crippen molar-refractivity contribution < 1.29 is 16.4 Å². The summed E-state index contributed by atoms with van der Waals surface area (Å²) in [5.41, 5.74) is 23.8. The van der Waals surface area contributed by atoms with Crippen LogP contribution in [0.25, 0.3) is 67.8 Å². The van der Waals surface area contributed by atoms with Crippen LogP contribution in [0.5, 0.6) is 0 Å². The summed E-state index contributed by atoms with van der Waals surface area (Å²) in [5, 5.41) is 2.97. The molecule has 0 spiro atoms. The van der Waals surface area contributed by atoms with E-state index in [1.165, 1.54) is 114 Å². The van der Waals surface area contributed by atoms with Gasteiger partial charge in [0.2, 0.25) is 0 Å². The molecule has 0 aromatic heterocycles. The van der Waals surface area contributed by atoms with Crippen molar-refractivity contribution in [1.29, 1.82) is 0 Å². The van der Waals surface area contributed by atoms with Crippen LogP contribution in [0, 0.1) is 0 Å². The van der Waals surface area contributed by atoms with Crippen molar-refractivity contribution in [3.8, 4) is 55.6 Å². The zero-order valence-electron chi connectivity index (χ0n) is 41.2. The van der Waals surface area contributed by atoms with Gasteiger partial charge in [-0.15, -0.1) is 0 Å². The predicted molar refractivity (Wildman–Crippen MR) is 305 cm³/mol. The molecule has 0 saturated carbocycles. The zero-order chi connectivity index (χ0) is 48.0. The van der Waals surface area contributed by atoms with Crippen molar-refractivity contribution in [3.63, 3.8) is 0 Å². The molecule has 8 aromatic rings. The van der Waals surface area contributed by atoms with Gasteiger partial charge in [-0.2, -0.15) is 0 Å². The summed E-state index contributed by atoms with van der Waals surface area (Å²) in [6.07, 6.45) is 13.3. The van der Waals surface area contributed by atoms with Crippen molar-refractivity contribution >= 4 is 52.3 Å². The van der Waals surface area contributed by atoms with Crippen LogP contribution in [0.4, 0.5) is 0 Å². The van der Waals surface area contributed by atoms with Crippen molar-refractivity contribution in [2.45, 2.75) is 86.3 Å². The second-order valence-corrected chi connectivity index (χ2v) is 42.5. The second kappa shape index (κ2) is 19.5. The first-order valence-electron chi connectivity index (χ1n) is 26.1. The van der Waals surface area contributed by atoms with E-state index >= 15 is 0 Å². The summed E-state index contributed by atoms with van der Waals surface area (Å²) in [7, 11) is 18.4. The van der Waals surface area contributed by atoms with Gasteiger partial charge in [-0.3, -0.25) is 0 Å². The molecule has 0 N–H and O–H groups in total. The third kappa shape index (κ3) is 7.80. The summed E-state index contributed by atoms with van der Waals surface area (Å²) < 4.78 is 1.05. The molecule has 2 atom stereocenters. The van der Waals surface area contributed by atoms with Gasteiger partial charge in [-0.1, -0.05) is 0 Å². The number of allylic oxidation sites excluding steroid dienone is 2. The Kier molecular flexibility index (Phi) is 13.2. The first-order chi connectivity index (χ1) is 34.3. The molecule has 0 fully saturated rings. The van der Waals surface area contributed by atoms with Crippen LogP contribution in [0.2, 0.25) is 0 Å². The molecule has 2 unspecified atom stereocenters. The van der Waals surface area contributed by atoms with Crippen molar-refractivity contribution in [2.24, 2.45) is 0 Å². The van der Waals surface area contributed by atoms with Gasteiger partial charge in [-0.05, 0) is 0 Å². The Morgan fingerprint density at radius 1 is 0.429 bits per heavy atom. The Morgan fingerprint density at radius 2 is 0.857 bits per heavy atom. The number of benzene rings is 8. The molecule has 2 aliphatic carbocycles. The van der Waals surface area contributed by atoms with E-state index in [2.05, 4.69) is 216 Å². The Hall–Kier alpha value is -5.08. The van der Waals surface area contributed by atoms with E-state index < -0.39 is 25.9 Å². The summed E-state index contributed by atoms with van der Waals surface area (Å²) in [6, 6.07) is 66.1. The van der Waals surface area contributed by atoms with Gasteiger partial charge in [-0.25, -0.2) is 0 Å². The minimum absolute atomic E-state index is 0.129. The molecule has 8 aromatic carbocycles. The SMILES string of the molecule is CCCCC1=Cc2c(ccc(CC)c2-c2ccccc2-c2ccccc2)[CH]1[Zr]([Cl])([Cl])([c]1cccc2c1[SiH2]c1ccccc1-2)[CH]1C(CCCC)=Cc2c1ccc(CC)c2-c1ccccc1-c1ccccc1. The van der Waals surface area contributed by atoms with E-state index in [0.717, 1.165) is 51.4 Å². The fourth-order valence-corrected chi connectivity index (χ4v) is 41.0. The van der Waals surface area contributed by atoms with Crippen LogP contribution in [0.15, 0.2) is 187 Å². The molecule has 349 valence electrons. The van der Waals surface area contributed by atoms with E-state index in [4.69, 9.17) is 0 Å². The van der Waals surface area contributed by atoms with Gasteiger partial charge >= 0.3 is 431 Å². The van der Waals surface area contributed by atoms with E-state index in [1.54, 1.807) is 0 Å². The van der Waals surface area contributed by atoms with Crippen molar-refractivity contribution in [2.75, 3.05) is 0 Å². The summed E-state index contributed by atoms with van der Waals surface area (Å²) in [6.45, 7) is 9.28. The molecule has 0 nitrogen and oxygen atoms in total. The molecule has 1 heterocycles. The summed E-state index contributed by atoms with van der Waals surface area (Å²) in [5.74, 6) is 0. The predicted octanol–water partition coefficient (Wildman–Crippen LogP) is 16.9. The zero-order valence-corrected chi connectivity index (χ0v) is 46.6. The van der Waals surface area contributed by atoms with Gasteiger partial charge < -0.3 is 0 Å². The average Bonchev–Trinajstić information content (AvgIpc) is 4.12. The van der Waals surface area contributed by atoms with Crippen LogP contribution in [-0.4, -0.2) is 9.52 Å². The summed E-state index contributed by atoms with van der Waals surface area (Å²) >= 11 is -5.83. The number of rotatable bonds is 15. The van der Waals surface area contributed by atoms with Crippen LogP contribution in [0.1, 0.15) is 107 Å². The number of unbranched alkanes of at least 4 members (excludes halogenated alkanes) is 2. The fourth-order valence-electron chi connectivity index (χ4n) is 13.0. The molecule has 1 aliphatic heterocycles. The number of hydrogen-bond donors (Lipinski definition) is 0. The number of hydrogen-bond acceptors (Lipinski definition) is 0. The number of fused-ring (bicyclic) bond motifs is 5. The average molecular weight is 1050 g/mol. The topological polar surface area (TPSA) is 0 Å². The van der Waals surface area contributed by atoms with Crippen molar-refractivity contribution in [3.05, 3.63) is 220 Å². The molecular formula is C66H63Cl2SiZr. The molecular weight excluding hydrogens is 983 g/mol. The number of halogens is 2. The van der Waals surface area contributed by atoms with Crippen LogP contribution in [0.3, 0.4) is 0 Å². The Labute approximate surface area is 427 Å². The number of aryl methyl sites for hydroxylation is 2. The Balaban J connectivity index is 1.23. The molecule has 0 saturated heterocycles. The van der Waals surface area contributed by atoms with Crippen LogP contribution >= 0.6 is 17.0 Å². The summed E-state index contributed by atoms with van der Waals surface area (Å²) in [4.78, 5) is 0. The normalized spacial score (nSPS) is 16.5. The van der Waals surface area contributed by atoms with Gasteiger partial charge in [0.05, 0.1) is 0 Å². The molecule has 0 amide bonds. The van der Waals surface area contributed by atoms with Gasteiger partial charge in [0.1, 0.15) is 0 Å². The van der Waals surface area contributed by atoms with E-state index in [0.29, 0.717) is 0 Å². The molecule has 3 aliphatic rings. The first kappa shape index (κ1) is 47.3. The maximum absolute atomic E-state index is 9.68. The van der Waals surface area contributed by atoms with Crippen LogP contribution < -0.4 is 13.6 Å². The standard InChI is InChI=1S/2C27H27.C12H9Si.2ClH.Zr/c2*1-3-5-11-20-18-23-17-16-21(4-2)27(26(23)19-20)25-15-10-9-14-24(25)22-12-7-6-8-13-22;1-3-7-11-9(5-1)10-6-2-4-8-12(10)13-11;;;/h2*6-10,12-19H,3-5,11H2,1-2H3;1-7H,13H2;2*1H;/q;;;;;+2/p-2. The molecule has 4 heteroatoms. The quantitative estimate of drug-likeness (QED) is 0.0898. The van der Waals surface area contributed by atoms with Gasteiger partial charge in [0.25, 0.3) is 0 Å². The van der Waals surface area contributed by atoms with E-state index in [9.17, 15) is 17.0 Å². The third-order valence-electron chi connectivity index (χ3n) is 16.1.